The third-order valence-corrected chi connectivity index (χ3v) is 3.48. The Bertz CT molecular complexity index is 439. The minimum atomic E-state index is -0.833. The molecule has 0 aromatic carbocycles. The second-order valence-corrected chi connectivity index (χ2v) is 4.76. The predicted octanol–water partition coefficient (Wildman–Crippen LogP) is 0.249. The molecule has 104 valence electrons. The molecule has 1 fully saturated rings. The topological polar surface area (TPSA) is 120 Å². The number of aliphatic carboxylic acids is 1. The second kappa shape index (κ2) is 5.68. The number of carboxylic acids is 1. The molecular weight excluding hydrogens is 250 g/mol. The van der Waals surface area contributed by atoms with E-state index in [1.54, 1.807) is 0 Å². The number of rotatable bonds is 5. The van der Waals surface area contributed by atoms with Crippen molar-refractivity contribution in [2.75, 3.05) is 6.54 Å². The maximum atomic E-state index is 11.6. The summed E-state index contributed by atoms with van der Waals surface area (Å²) in [6.07, 6.45) is 4.38. The summed E-state index contributed by atoms with van der Waals surface area (Å²) in [7, 11) is 0. The van der Waals surface area contributed by atoms with Crippen molar-refractivity contribution in [3.8, 4) is 0 Å². The van der Waals surface area contributed by atoms with Gasteiger partial charge >= 0.3 is 12.0 Å². The van der Waals surface area contributed by atoms with Crippen molar-refractivity contribution >= 4 is 12.0 Å². The molecule has 8 nitrogen and oxygen atoms in total. The van der Waals surface area contributed by atoms with E-state index in [1.165, 1.54) is 6.33 Å². The molecule has 1 aliphatic carbocycles. The zero-order valence-corrected chi connectivity index (χ0v) is 10.5. The fourth-order valence-electron chi connectivity index (χ4n) is 2.31. The van der Waals surface area contributed by atoms with Gasteiger partial charge in [-0.15, -0.1) is 0 Å². The second-order valence-electron chi connectivity index (χ2n) is 4.76. The van der Waals surface area contributed by atoms with E-state index in [0.717, 1.165) is 12.8 Å². The molecule has 1 aromatic heterocycles. The molecule has 0 atom stereocenters. The molecule has 0 aliphatic heterocycles. The minimum Gasteiger partial charge on any atom is -0.481 e. The number of carbonyl (C=O) groups excluding carboxylic acids is 1. The maximum Gasteiger partial charge on any atom is 0.315 e. The van der Waals surface area contributed by atoms with E-state index < -0.39 is 17.4 Å². The fraction of sp³-hybridized carbons (Fsp3) is 0.636. The number of carbonyl (C=O) groups is 2. The van der Waals surface area contributed by atoms with E-state index >= 15 is 0 Å². The average molecular weight is 267 g/mol. The summed E-state index contributed by atoms with van der Waals surface area (Å²) in [5.41, 5.74) is -0.802. The number of aromatic nitrogens is 3. The number of urea groups is 1. The predicted molar refractivity (Wildman–Crippen MR) is 65.2 cm³/mol. The maximum absolute atomic E-state index is 11.6. The molecule has 4 N–H and O–H groups in total. The number of nitrogens with zero attached hydrogens (tertiary/aromatic N) is 2. The van der Waals surface area contributed by atoms with Crippen LogP contribution in [0.4, 0.5) is 4.79 Å². The largest absolute Gasteiger partial charge is 0.481 e. The molecule has 0 spiro atoms. The Hall–Kier alpha value is -2.12. The quantitative estimate of drug-likeness (QED) is 0.609. The van der Waals surface area contributed by atoms with Gasteiger partial charge < -0.3 is 15.7 Å². The molecule has 2 amide bonds. The molecule has 1 saturated carbocycles. The fourth-order valence-corrected chi connectivity index (χ4v) is 2.31. The first kappa shape index (κ1) is 13.3. The van der Waals surface area contributed by atoms with Crippen LogP contribution in [0.2, 0.25) is 0 Å². The summed E-state index contributed by atoms with van der Waals surface area (Å²) in [6, 6.07) is -0.399. The standard InChI is InChI=1S/C11H17N5O3/c17-9(18)11(3-1-2-4-11)6-13-10(19)12-5-8-14-7-15-16-8/h7H,1-6H2,(H,17,18)(H2,12,13,19)(H,14,15,16). The van der Waals surface area contributed by atoms with Gasteiger partial charge in [-0.3, -0.25) is 9.89 Å². The van der Waals surface area contributed by atoms with Crippen molar-refractivity contribution in [1.82, 2.24) is 25.8 Å². The van der Waals surface area contributed by atoms with Crippen LogP contribution in [0.1, 0.15) is 31.5 Å². The Balaban J connectivity index is 1.77. The molecule has 1 aromatic rings. The van der Waals surface area contributed by atoms with Gasteiger partial charge in [-0.2, -0.15) is 5.10 Å². The molecule has 0 unspecified atom stereocenters. The van der Waals surface area contributed by atoms with E-state index in [9.17, 15) is 14.7 Å². The molecule has 1 aliphatic rings. The summed E-state index contributed by atoms with van der Waals surface area (Å²) in [5, 5.41) is 20.7. The van der Waals surface area contributed by atoms with E-state index in [2.05, 4.69) is 25.8 Å². The highest BCUT2D eigenvalue weighted by molar-refractivity contribution is 5.78. The third-order valence-electron chi connectivity index (χ3n) is 3.48. The lowest BCUT2D eigenvalue weighted by Crippen LogP contribution is -2.44. The van der Waals surface area contributed by atoms with Crippen LogP contribution in [0.25, 0.3) is 0 Å². The average Bonchev–Trinajstić information content (AvgIpc) is 3.05. The summed E-state index contributed by atoms with van der Waals surface area (Å²) >= 11 is 0. The molecule has 19 heavy (non-hydrogen) atoms. The minimum absolute atomic E-state index is 0.157. The van der Waals surface area contributed by atoms with Crippen LogP contribution in [0.5, 0.6) is 0 Å². The Kier molecular flexibility index (Phi) is 3.98. The number of hydrogen-bond donors (Lipinski definition) is 4. The van der Waals surface area contributed by atoms with Crippen LogP contribution in [-0.2, 0) is 11.3 Å². The van der Waals surface area contributed by atoms with E-state index in [1.807, 2.05) is 0 Å². The van der Waals surface area contributed by atoms with Crippen molar-refractivity contribution < 1.29 is 14.7 Å². The number of nitrogens with one attached hydrogen (secondary N) is 3. The monoisotopic (exact) mass is 267 g/mol. The first-order valence-corrected chi connectivity index (χ1v) is 6.22. The molecular formula is C11H17N5O3. The third kappa shape index (κ3) is 3.21. The van der Waals surface area contributed by atoms with Gasteiger partial charge in [0.15, 0.2) is 0 Å². The van der Waals surface area contributed by atoms with Crippen molar-refractivity contribution in [2.45, 2.75) is 32.2 Å². The van der Waals surface area contributed by atoms with Gasteiger partial charge in [0.25, 0.3) is 0 Å². The van der Waals surface area contributed by atoms with Crippen molar-refractivity contribution in [2.24, 2.45) is 5.41 Å². The normalized spacial score (nSPS) is 17.1. The van der Waals surface area contributed by atoms with Gasteiger partial charge in [0.2, 0.25) is 0 Å². The smallest absolute Gasteiger partial charge is 0.315 e. The highest BCUT2D eigenvalue weighted by Gasteiger charge is 2.41. The Labute approximate surface area is 110 Å². The molecule has 8 heteroatoms. The Morgan fingerprint density at radius 1 is 1.37 bits per heavy atom. The summed E-state index contributed by atoms with van der Waals surface area (Å²) in [5.74, 6) is -0.288. The first-order chi connectivity index (χ1) is 9.12. The van der Waals surface area contributed by atoms with Crippen molar-refractivity contribution in [1.29, 1.82) is 0 Å². The molecule has 0 saturated heterocycles. The van der Waals surface area contributed by atoms with E-state index in [-0.39, 0.29) is 13.1 Å². The zero-order chi connectivity index (χ0) is 13.7. The lowest BCUT2D eigenvalue weighted by Gasteiger charge is -2.23. The number of hydrogen-bond acceptors (Lipinski definition) is 4. The van der Waals surface area contributed by atoms with E-state index in [0.29, 0.717) is 18.7 Å². The number of H-pyrrole nitrogens is 1. The summed E-state index contributed by atoms with van der Waals surface area (Å²) in [4.78, 5) is 26.7. The first-order valence-electron chi connectivity index (χ1n) is 6.22. The van der Waals surface area contributed by atoms with Crippen molar-refractivity contribution in [3.05, 3.63) is 12.2 Å². The van der Waals surface area contributed by atoms with Gasteiger partial charge in [-0.05, 0) is 12.8 Å². The number of amides is 2. The van der Waals surface area contributed by atoms with Crippen LogP contribution < -0.4 is 10.6 Å². The lowest BCUT2D eigenvalue weighted by atomic mass is 9.86. The van der Waals surface area contributed by atoms with E-state index in [4.69, 9.17) is 0 Å². The van der Waals surface area contributed by atoms with Gasteiger partial charge in [0.1, 0.15) is 12.2 Å². The number of aromatic amines is 1. The Morgan fingerprint density at radius 3 is 2.68 bits per heavy atom. The van der Waals surface area contributed by atoms with Gasteiger partial charge in [-0.25, -0.2) is 9.78 Å². The van der Waals surface area contributed by atoms with Crippen LogP contribution in [0, 0.1) is 5.41 Å². The SMILES string of the molecule is O=C(NCc1ncn[nH]1)NCC1(C(=O)O)CCCC1. The highest BCUT2D eigenvalue weighted by atomic mass is 16.4. The van der Waals surface area contributed by atoms with Gasteiger partial charge in [0.05, 0.1) is 12.0 Å². The Morgan fingerprint density at radius 2 is 2.11 bits per heavy atom. The number of carboxylic acid groups (broad SMARTS) is 1. The van der Waals surface area contributed by atoms with Gasteiger partial charge in [0, 0.05) is 6.54 Å². The molecule has 0 radical (unpaired) electrons. The lowest BCUT2D eigenvalue weighted by molar-refractivity contribution is -0.148. The van der Waals surface area contributed by atoms with Crippen LogP contribution in [-0.4, -0.2) is 38.8 Å². The van der Waals surface area contributed by atoms with Crippen LogP contribution in [0.3, 0.4) is 0 Å². The summed E-state index contributed by atoms with van der Waals surface area (Å²) < 4.78 is 0. The molecule has 2 rings (SSSR count). The summed E-state index contributed by atoms with van der Waals surface area (Å²) in [6.45, 7) is 0.385. The molecule has 1 heterocycles. The zero-order valence-electron chi connectivity index (χ0n) is 10.5. The highest BCUT2D eigenvalue weighted by Crippen LogP contribution is 2.37. The van der Waals surface area contributed by atoms with Gasteiger partial charge in [-0.1, -0.05) is 12.8 Å². The van der Waals surface area contributed by atoms with Crippen LogP contribution >= 0.6 is 0 Å². The van der Waals surface area contributed by atoms with Crippen LogP contribution in [0.15, 0.2) is 6.33 Å². The van der Waals surface area contributed by atoms with Crippen molar-refractivity contribution in [3.63, 3.8) is 0 Å². The molecule has 0 bridgehead atoms.